The summed E-state index contributed by atoms with van der Waals surface area (Å²) in [5.41, 5.74) is 1.84. The zero-order valence-corrected chi connectivity index (χ0v) is 10.3. The highest BCUT2D eigenvalue weighted by atomic mass is 79.9. The molecule has 15 heavy (non-hydrogen) atoms. The van der Waals surface area contributed by atoms with Crippen LogP contribution in [0.3, 0.4) is 0 Å². The van der Waals surface area contributed by atoms with Gasteiger partial charge in [0.15, 0.2) is 0 Å². The Kier molecular flexibility index (Phi) is 3.71. The zero-order valence-electron chi connectivity index (χ0n) is 8.60. The molecule has 1 aromatic carbocycles. The smallest absolute Gasteiger partial charge is 0.135 e. The zero-order chi connectivity index (χ0) is 10.1. The molecule has 0 atom stereocenters. The van der Waals surface area contributed by atoms with Crippen molar-refractivity contribution in [3.8, 4) is 5.75 Å². The molecule has 5 heteroatoms. The molecule has 0 unspecified atom stereocenters. The molecule has 4 nitrogen and oxygen atoms in total. The van der Waals surface area contributed by atoms with Crippen LogP contribution in [0.1, 0.15) is 5.82 Å². The molecule has 0 saturated heterocycles. The van der Waals surface area contributed by atoms with Crippen LogP contribution in [0.2, 0.25) is 0 Å². The number of rotatable bonds is 2. The predicted octanol–water partition coefficient (Wildman–Crippen LogP) is 1.65. The lowest BCUT2D eigenvalue weighted by Gasteiger charge is -1.99. The van der Waals surface area contributed by atoms with Gasteiger partial charge in [-0.15, -0.1) is 17.0 Å². The molecule has 0 saturated carbocycles. The van der Waals surface area contributed by atoms with Crippen molar-refractivity contribution in [3.05, 3.63) is 24.0 Å². The first-order chi connectivity index (χ1) is 6.76. The number of aliphatic hydroxyl groups is 1. The average Bonchev–Trinajstić information content (AvgIpc) is 2.55. The van der Waals surface area contributed by atoms with Crippen molar-refractivity contribution in [1.29, 1.82) is 0 Å². The maximum absolute atomic E-state index is 9.03. The maximum atomic E-state index is 9.03. The van der Waals surface area contributed by atoms with Crippen molar-refractivity contribution in [2.45, 2.75) is 6.61 Å². The Morgan fingerprint density at radius 1 is 1.47 bits per heavy atom. The topological polar surface area (TPSA) is 47.3 Å². The second kappa shape index (κ2) is 4.63. The van der Waals surface area contributed by atoms with Crippen molar-refractivity contribution in [1.82, 2.24) is 9.55 Å². The summed E-state index contributed by atoms with van der Waals surface area (Å²) in [6.45, 7) is -0.0481. The van der Waals surface area contributed by atoms with E-state index >= 15 is 0 Å². The number of nitrogens with zero attached hydrogens (tertiary/aromatic N) is 2. The second-order valence-corrected chi connectivity index (χ2v) is 3.10. The highest BCUT2D eigenvalue weighted by Gasteiger charge is 2.06. The monoisotopic (exact) mass is 272 g/mol. The average molecular weight is 273 g/mol. The molecule has 1 heterocycles. The largest absolute Gasteiger partial charge is 0.497 e. The number of halogens is 1. The van der Waals surface area contributed by atoms with E-state index in [2.05, 4.69) is 4.98 Å². The van der Waals surface area contributed by atoms with E-state index in [9.17, 15) is 0 Å². The third-order valence-corrected chi connectivity index (χ3v) is 2.32. The van der Waals surface area contributed by atoms with Gasteiger partial charge in [0.05, 0.1) is 18.1 Å². The molecule has 0 aliphatic heterocycles. The lowest BCUT2D eigenvalue weighted by molar-refractivity contribution is 0.268. The van der Waals surface area contributed by atoms with Crippen LogP contribution < -0.4 is 4.74 Å². The van der Waals surface area contributed by atoms with E-state index in [0.717, 1.165) is 16.8 Å². The number of ether oxygens (including phenoxy) is 1. The Morgan fingerprint density at radius 3 is 2.80 bits per heavy atom. The van der Waals surface area contributed by atoms with Gasteiger partial charge in [-0.25, -0.2) is 4.98 Å². The summed E-state index contributed by atoms with van der Waals surface area (Å²) in [6.07, 6.45) is 0. The van der Waals surface area contributed by atoms with Gasteiger partial charge in [0.1, 0.15) is 18.2 Å². The third-order valence-electron chi connectivity index (χ3n) is 2.32. The second-order valence-electron chi connectivity index (χ2n) is 3.10. The molecule has 0 aliphatic carbocycles. The molecule has 82 valence electrons. The predicted molar refractivity (Wildman–Crippen MR) is 63.5 cm³/mol. The number of fused-ring (bicyclic) bond motifs is 1. The van der Waals surface area contributed by atoms with Crippen LogP contribution in [0.5, 0.6) is 5.75 Å². The lowest BCUT2D eigenvalue weighted by atomic mass is 10.3. The van der Waals surface area contributed by atoms with Crippen LogP contribution >= 0.6 is 17.0 Å². The Hall–Kier alpha value is -1.07. The van der Waals surface area contributed by atoms with Gasteiger partial charge in [0.2, 0.25) is 0 Å². The maximum Gasteiger partial charge on any atom is 0.135 e. The fourth-order valence-electron chi connectivity index (χ4n) is 1.50. The Morgan fingerprint density at radius 2 is 2.20 bits per heavy atom. The van der Waals surface area contributed by atoms with E-state index < -0.39 is 0 Å². The van der Waals surface area contributed by atoms with E-state index in [1.807, 2.05) is 29.8 Å². The van der Waals surface area contributed by atoms with Gasteiger partial charge in [0.25, 0.3) is 0 Å². The van der Waals surface area contributed by atoms with Crippen molar-refractivity contribution < 1.29 is 9.84 Å². The summed E-state index contributed by atoms with van der Waals surface area (Å²) >= 11 is 0. The molecular formula is C10H13BrN2O2. The highest BCUT2D eigenvalue weighted by molar-refractivity contribution is 8.93. The summed E-state index contributed by atoms with van der Waals surface area (Å²) in [4.78, 5) is 4.27. The van der Waals surface area contributed by atoms with Gasteiger partial charge < -0.3 is 14.4 Å². The van der Waals surface area contributed by atoms with Gasteiger partial charge in [-0.1, -0.05) is 0 Å². The van der Waals surface area contributed by atoms with Gasteiger partial charge in [-0.05, 0) is 12.1 Å². The Bertz CT molecular complexity index is 468. The fourth-order valence-corrected chi connectivity index (χ4v) is 1.50. The molecule has 0 bridgehead atoms. The minimum absolute atomic E-state index is 0. The number of aryl methyl sites for hydroxylation is 1. The van der Waals surface area contributed by atoms with E-state index in [4.69, 9.17) is 9.84 Å². The SMILES string of the molecule is Br.COc1ccc2c(c1)nc(CO)n2C. The number of aliphatic hydroxyl groups excluding tert-OH is 1. The van der Waals surface area contributed by atoms with Gasteiger partial charge in [-0.2, -0.15) is 0 Å². The first kappa shape index (κ1) is 12.0. The third kappa shape index (κ3) is 1.98. The summed E-state index contributed by atoms with van der Waals surface area (Å²) in [5, 5.41) is 9.03. The summed E-state index contributed by atoms with van der Waals surface area (Å²) in [6, 6.07) is 5.67. The van der Waals surface area contributed by atoms with Crippen LogP contribution in [-0.2, 0) is 13.7 Å². The van der Waals surface area contributed by atoms with Crippen LogP contribution in [0.15, 0.2) is 18.2 Å². The molecule has 0 spiro atoms. The quantitative estimate of drug-likeness (QED) is 0.905. The number of hydrogen-bond acceptors (Lipinski definition) is 3. The van der Waals surface area contributed by atoms with Gasteiger partial charge >= 0.3 is 0 Å². The minimum Gasteiger partial charge on any atom is -0.497 e. The number of hydrogen-bond donors (Lipinski definition) is 1. The van der Waals surface area contributed by atoms with Gasteiger partial charge in [-0.3, -0.25) is 0 Å². The molecule has 1 N–H and O–H groups in total. The number of imidazole rings is 1. The standard InChI is InChI=1S/C10H12N2O2.BrH/c1-12-9-4-3-7(14-2)5-8(9)11-10(12)6-13;/h3-5,13H,6H2,1-2H3;1H. The van der Waals surface area contributed by atoms with Crippen molar-refractivity contribution >= 4 is 28.0 Å². The van der Waals surface area contributed by atoms with E-state index in [1.54, 1.807) is 7.11 Å². The molecule has 0 amide bonds. The van der Waals surface area contributed by atoms with Crippen molar-refractivity contribution in [2.24, 2.45) is 7.05 Å². The highest BCUT2D eigenvalue weighted by Crippen LogP contribution is 2.20. The molecule has 0 fully saturated rings. The summed E-state index contributed by atoms with van der Waals surface area (Å²) in [7, 11) is 3.50. The molecule has 2 rings (SSSR count). The molecule has 2 aromatic rings. The van der Waals surface area contributed by atoms with Crippen LogP contribution in [-0.4, -0.2) is 21.8 Å². The Labute approximate surface area is 98.3 Å². The minimum atomic E-state index is -0.0481. The van der Waals surface area contributed by atoms with E-state index in [0.29, 0.717) is 5.82 Å². The molecule has 1 aromatic heterocycles. The molecular weight excluding hydrogens is 260 g/mol. The Balaban J connectivity index is 0.00000112. The summed E-state index contributed by atoms with van der Waals surface area (Å²) < 4.78 is 6.96. The van der Waals surface area contributed by atoms with Gasteiger partial charge in [0, 0.05) is 13.1 Å². The van der Waals surface area contributed by atoms with Crippen molar-refractivity contribution in [3.63, 3.8) is 0 Å². The normalized spacial score (nSPS) is 10.1. The van der Waals surface area contributed by atoms with Crippen molar-refractivity contribution in [2.75, 3.05) is 7.11 Å². The van der Waals surface area contributed by atoms with Crippen LogP contribution in [0, 0.1) is 0 Å². The fraction of sp³-hybridized carbons (Fsp3) is 0.300. The van der Waals surface area contributed by atoms with Crippen LogP contribution in [0.25, 0.3) is 11.0 Å². The first-order valence-corrected chi connectivity index (χ1v) is 4.36. The summed E-state index contributed by atoms with van der Waals surface area (Å²) in [5.74, 6) is 1.44. The lowest BCUT2D eigenvalue weighted by Crippen LogP contribution is -1.96. The number of aromatic nitrogens is 2. The van der Waals surface area contributed by atoms with E-state index in [1.165, 1.54) is 0 Å². The molecule has 0 aliphatic rings. The van der Waals surface area contributed by atoms with Crippen LogP contribution in [0.4, 0.5) is 0 Å². The van der Waals surface area contributed by atoms with E-state index in [-0.39, 0.29) is 23.6 Å². The first-order valence-electron chi connectivity index (χ1n) is 4.36. The number of methoxy groups -OCH3 is 1. The number of benzene rings is 1. The molecule has 0 radical (unpaired) electrons.